The molecule has 0 saturated heterocycles. The van der Waals surface area contributed by atoms with Crippen LogP contribution in [0.1, 0.15) is 23.1 Å². The topological polar surface area (TPSA) is 87.3 Å². The number of imidazole rings is 1. The smallest absolute Gasteiger partial charge is 0.270 e. The second kappa shape index (κ2) is 6.17. The molecule has 1 aromatic heterocycles. The van der Waals surface area contributed by atoms with Crippen LogP contribution in [0.5, 0.6) is 5.75 Å². The number of aromatic nitrogens is 2. The lowest BCUT2D eigenvalue weighted by Gasteiger charge is -2.09. The molecule has 0 unspecified atom stereocenters. The van der Waals surface area contributed by atoms with Gasteiger partial charge in [-0.05, 0) is 13.0 Å². The van der Waals surface area contributed by atoms with Crippen molar-refractivity contribution in [1.82, 2.24) is 9.55 Å². The highest BCUT2D eigenvalue weighted by Crippen LogP contribution is 2.24. The summed E-state index contributed by atoms with van der Waals surface area (Å²) >= 11 is 0. The zero-order valence-electron chi connectivity index (χ0n) is 11.8. The zero-order valence-corrected chi connectivity index (χ0v) is 11.8. The van der Waals surface area contributed by atoms with Crippen LogP contribution >= 0.6 is 0 Å². The van der Waals surface area contributed by atoms with E-state index in [0.29, 0.717) is 18.8 Å². The number of Topliss-reactive ketones (excluding diaryl/α,β-unsaturated/α-hetero) is 1. The molecule has 0 bridgehead atoms. The Labute approximate surface area is 121 Å². The van der Waals surface area contributed by atoms with Crippen LogP contribution in [0.2, 0.25) is 0 Å². The molecule has 0 amide bonds. The Kier molecular flexibility index (Phi) is 4.32. The quantitative estimate of drug-likeness (QED) is 0.462. The van der Waals surface area contributed by atoms with Gasteiger partial charge in [0, 0.05) is 38.0 Å². The van der Waals surface area contributed by atoms with Crippen molar-refractivity contribution >= 4 is 11.5 Å². The maximum Gasteiger partial charge on any atom is 0.270 e. The molecule has 1 aromatic carbocycles. The van der Waals surface area contributed by atoms with E-state index in [1.165, 1.54) is 25.1 Å². The van der Waals surface area contributed by atoms with Gasteiger partial charge in [0.2, 0.25) is 0 Å². The molecule has 0 fully saturated rings. The summed E-state index contributed by atoms with van der Waals surface area (Å²) in [5.41, 5.74) is 0.0840. The maximum absolute atomic E-state index is 11.6. The van der Waals surface area contributed by atoms with Crippen molar-refractivity contribution in [3.63, 3.8) is 0 Å². The van der Waals surface area contributed by atoms with E-state index in [2.05, 4.69) is 4.98 Å². The number of aryl methyl sites for hydroxylation is 1. The number of hydrogen-bond acceptors (Lipinski definition) is 5. The largest absolute Gasteiger partial charge is 0.492 e. The van der Waals surface area contributed by atoms with Crippen LogP contribution in [0.15, 0.2) is 30.6 Å². The number of nitrogens with zero attached hydrogens (tertiary/aromatic N) is 3. The molecule has 0 N–H and O–H groups in total. The molecule has 0 aliphatic heterocycles. The lowest BCUT2D eigenvalue weighted by atomic mass is 10.1. The highest BCUT2D eigenvalue weighted by atomic mass is 16.6. The predicted octanol–water partition coefficient (Wildman–Crippen LogP) is 2.15. The molecule has 0 radical (unpaired) electrons. The van der Waals surface area contributed by atoms with Crippen molar-refractivity contribution in [2.45, 2.75) is 13.3 Å². The summed E-state index contributed by atoms with van der Waals surface area (Å²) in [7, 11) is 1.88. The number of rotatable bonds is 6. The molecule has 0 saturated carbocycles. The molecule has 2 rings (SSSR count). The lowest BCUT2D eigenvalue weighted by molar-refractivity contribution is -0.384. The first-order valence-corrected chi connectivity index (χ1v) is 6.37. The minimum atomic E-state index is -0.538. The summed E-state index contributed by atoms with van der Waals surface area (Å²) in [6.45, 7) is 1.69. The third-order valence-electron chi connectivity index (χ3n) is 3.06. The fraction of sp³-hybridized carbons (Fsp3) is 0.286. The normalized spacial score (nSPS) is 10.4. The van der Waals surface area contributed by atoms with Gasteiger partial charge in [0.25, 0.3) is 5.69 Å². The van der Waals surface area contributed by atoms with Gasteiger partial charge in [-0.25, -0.2) is 4.98 Å². The molecule has 0 spiro atoms. The lowest BCUT2D eigenvalue weighted by Crippen LogP contribution is -2.08. The second-order valence-electron chi connectivity index (χ2n) is 4.55. The standard InChI is InChI=1S/C14H15N3O4/c1-10(18)12-9-11(17(19)20)3-4-13(12)21-8-5-14-15-6-7-16(14)2/h3-4,6-7,9H,5,8H2,1-2H3. The van der Waals surface area contributed by atoms with Crippen molar-refractivity contribution in [2.24, 2.45) is 7.05 Å². The summed E-state index contributed by atoms with van der Waals surface area (Å²) in [5, 5.41) is 10.7. The minimum Gasteiger partial charge on any atom is -0.492 e. The maximum atomic E-state index is 11.6. The Bertz CT molecular complexity index is 679. The average molecular weight is 289 g/mol. The number of ketones is 1. The van der Waals surface area contributed by atoms with Gasteiger partial charge < -0.3 is 9.30 Å². The number of benzene rings is 1. The average Bonchev–Trinajstić information content (AvgIpc) is 2.84. The van der Waals surface area contributed by atoms with Gasteiger partial charge in [-0.15, -0.1) is 0 Å². The minimum absolute atomic E-state index is 0.128. The van der Waals surface area contributed by atoms with E-state index in [1.54, 1.807) is 6.20 Å². The molecule has 2 aromatic rings. The Morgan fingerprint density at radius 1 is 1.48 bits per heavy atom. The van der Waals surface area contributed by atoms with Crippen molar-refractivity contribution < 1.29 is 14.5 Å². The van der Waals surface area contributed by atoms with Crippen LogP contribution in [0.25, 0.3) is 0 Å². The van der Waals surface area contributed by atoms with E-state index in [4.69, 9.17) is 4.74 Å². The number of carbonyl (C=O) groups is 1. The fourth-order valence-corrected chi connectivity index (χ4v) is 1.92. The molecule has 110 valence electrons. The summed E-state index contributed by atoms with van der Waals surface area (Å²) in [6, 6.07) is 4.01. The van der Waals surface area contributed by atoms with Crippen LogP contribution in [0.3, 0.4) is 0 Å². The van der Waals surface area contributed by atoms with E-state index in [0.717, 1.165) is 5.82 Å². The molecule has 0 aliphatic rings. The summed E-state index contributed by atoms with van der Waals surface area (Å²) in [6.07, 6.45) is 4.11. The zero-order chi connectivity index (χ0) is 15.4. The van der Waals surface area contributed by atoms with Crippen LogP contribution in [-0.2, 0) is 13.5 Å². The first kappa shape index (κ1) is 14.7. The molecule has 0 aliphatic carbocycles. The third kappa shape index (κ3) is 3.44. The summed E-state index contributed by atoms with van der Waals surface area (Å²) in [5.74, 6) is 0.939. The summed E-state index contributed by atoms with van der Waals surface area (Å²) < 4.78 is 7.44. The number of ether oxygens (including phenoxy) is 1. The molecule has 1 heterocycles. The second-order valence-corrected chi connectivity index (χ2v) is 4.55. The van der Waals surface area contributed by atoms with Crippen molar-refractivity contribution in [3.8, 4) is 5.75 Å². The Morgan fingerprint density at radius 3 is 2.81 bits per heavy atom. The van der Waals surface area contributed by atoms with Crippen molar-refractivity contribution in [1.29, 1.82) is 0 Å². The van der Waals surface area contributed by atoms with E-state index >= 15 is 0 Å². The van der Waals surface area contributed by atoms with Gasteiger partial charge in [-0.1, -0.05) is 0 Å². The third-order valence-corrected chi connectivity index (χ3v) is 3.06. The van der Waals surface area contributed by atoms with Gasteiger partial charge in [-0.2, -0.15) is 0 Å². The van der Waals surface area contributed by atoms with E-state index < -0.39 is 4.92 Å². The van der Waals surface area contributed by atoms with Crippen LogP contribution < -0.4 is 4.74 Å². The first-order valence-electron chi connectivity index (χ1n) is 6.37. The Morgan fingerprint density at radius 2 is 2.24 bits per heavy atom. The number of non-ortho nitro benzene ring substituents is 1. The highest BCUT2D eigenvalue weighted by Gasteiger charge is 2.15. The molecular weight excluding hydrogens is 274 g/mol. The molecule has 21 heavy (non-hydrogen) atoms. The van der Waals surface area contributed by atoms with Gasteiger partial charge in [-0.3, -0.25) is 14.9 Å². The van der Waals surface area contributed by atoms with Crippen LogP contribution in [0.4, 0.5) is 5.69 Å². The monoisotopic (exact) mass is 289 g/mol. The van der Waals surface area contributed by atoms with Gasteiger partial charge in [0.1, 0.15) is 11.6 Å². The summed E-state index contributed by atoms with van der Waals surface area (Å²) in [4.78, 5) is 25.9. The highest BCUT2D eigenvalue weighted by molar-refractivity contribution is 5.97. The molecule has 7 heteroatoms. The Balaban J connectivity index is 2.10. The van der Waals surface area contributed by atoms with Crippen LogP contribution in [0, 0.1) is 10.1 Å². The molecule has 7 nitrogen and oxygen atoms in total. The van der Waals surface area contributed by atoms with E-state index in [-0.39, 0.29) is 17.0 Å². The van der Waals surface area contributed by atoms with Gasteiger partial charge in [0.05, 0.1) is 17.1 Å². The van der Waals surface area contributed by atoms with Crippen molar-refractivity contribution in [2.75, 3.05) is 6.61 Å². The predicted molar refractivity (Wildman–Crippen MR) is 75.5 cm³/mol. The fourth-order valence-electron chi connectivity index (χ4n) is 1.92. The number of nitro groups is 1. The van der Waals surface area contributed by atoms with E-state index in [9.17, 15) is 14.9 Å². The van der Waals surface area contributed by atoms with E-state index in [1.807, 2.05) is 17.8 Å². The SMILES string of the molecule is CC(=O)c1cc([N+](=O)[O-])ccc1OCCc1nccn1C. The molecule has 0 atom stereocenters. The van der Waals surface area contributed by atoms with Crippen molar-refractivity contribution in [3.05, 3.63) is 52.1 Å². The molecular formula is C14H15N3O4. The van der Waals surface area contributed by atoms with Gasteiger partial charge >= 0.3 is 0 Å². The first-order chi connectivity index (χ1) is 9.99. The number of nitro benzene ring substituents is 1. The Hall–Kier alpha value is -2.70. The number of hydrogen-bond donors (Lipinski definition) is 0. The van der Waals surface area contributed by atoms with Gasteiger partial charge in [0.15, 0.2) is 5.78 Å². The number of carbonyl (C=O) groups excluding carboxylic acids is 1. The van der Waals surface area contributed by atoms with Crippen LogP contribution in [-0.4, -0.2) is 26.9 Å².